The molecule has 18 heavy (non-hydrogen) atoms. The summed E-state index contributed by atoms with van der Waals surface area (Å²) < 4.78 is 1.43. The maximum atomic E-state index is 5.61. The van der Waals surface area contributed by atoms with Crippen LogP contribution >= 0.6 is 71.2 Å². The third kappa shape index (κ3) is 13.0. The standard InChI is InChI=1S/C10H14Cl2N2S4/c1-7(11)5-13-9(15)17-3-4-18-10(16)14-6-8(2)12/h1-6H2,(H,13,15)(H,14,16). The fourth-order valence-electron chi connectivity index (χ4n) is 0.707. The molecule has 0 aromatic heterocycles. The Morgan fingerprint density at radius 3 is 1.50 bits per heavy atom. The Kier molecular flexibility index (Phi) is 11.7. The third-order valence-electron chi connectivity index (χ3n) is 1.40. The number of thioether (sulfide) groups is 2. The first-order valence-corrected chi connectivity index (χ1v) is 8.44. The van der Waals surface area contributed by atoms with E-state index in [2.05, 4.69) is 23.8 Å². The molecule has 2 N–H and O–H groups in total. The molecular weight excluding hydrogens is 347 g/mol. The van der Waals surface area contributed by atoms with Crippen LogP contribution in [0.1, 0.15) is 0 Å². The molecule has 0 atom stereocenters. The van der Waals surface area contributed by atoms with Crippen LogP contribution in [0.3, 0.4) is 0 Å². The molecule has 0 unspecified atom stereocenters. The van der Waals surface area contributed by atoms with Gasteiger partial charge in [0.15, 0.2) is 0 Å². The van der Waals surface area contributed by atoms with E-state index in [9.17, 15) is 0 Å². The minimum absolute atomic E-state index is 0.498. The molecule has 0 aromatic carbocycles. The summed E-state index contributed by atoms with van der Waals surface area (Å²) in [6.07, 6.45) is 0. The van der Waals surface area contributed by atoms with Gasteiger partial charge in [-0.15, -0.1) is 0 Å². The van der Waals surface area contributed by atoms with Gasteiger partial charge in [0.2, 0.25) is 0 Å². The summed E-state index contributed by atoms with van der Waals surface area (Å²) in [6, 6.07) is 0. The molecule has 0 heterocycles. The van der Waals surface area contributed by atoms with E-state index in [1.807, 2.05) is 0 Å². The molecule has 0 bridgehead atoms. The van der Waals surface area contributed by atoms with Gasteiger partial charge in [-0.25, -0.2) is 0 Å². The highest BCUT2D eigenvalue weighted by molar-refractivity contribution is 8.25. The van der Waals surface area contributed by atoms with Crippen LogP contribution in [0.25, 0.3) is 0 Å². The highest BCUT2D eigenvalue weighted by Gasteiger charge is 2.00. The molecule has 0 aliphatic heterocycles. The van der Waals surface area contributed by atoms with Crippen molar-refractivity contribution in [3.8, 4) is 0 Å². The Morgan fingerprint density at radius 1 is 0.889 bits per heavy atom. The van der Waals surface area contributed by atoms with E-state index >= 15 is 0 Å². The number of nitrogens with one attached hydrogen (secondary N) is 2. The van der Waals surface area contributed by atoms with Gasteiger partial charge in [0, 0.05) is 21.6 Å². The quantitative estimate of drug-likeness (QED) is 0.530. The summed E-state index contributed by atoms with van der Waals surface area (Å²) >= 11 is 24.5. The molecule has 8 heteroatoms. The van der Waals surface area contributed by atoms with Crippen LogP contribution in [-0.4, -0.2) is 33.2 Å². The van der Waals surface area contributed by atoms with E-state index in [1.165, 1.54) is 0 Å². The summed E-state index contributed by atoms with van der Waals surface area (Å²) in [5.74, 6) is 1.74. The first-order valence-electron chi connectivity index (χ1n) is 4.89. The maximum absolute atomic E-state index is 5.61. The Balaban J connectivity index is 3.49. The fourth-order valence-corrected chi connectivity index (χ4v) is 2.87. The minimum atomic E-state index is 0.498. The summed E-state index contributed by atoms with van der Waals surface area (Å²) in [5, 5.41) is 7.05. The van der Waals surface area contributed by atoms with Gasteiger partial charge in [-0.2, -0.15) is 0 Å². The Labute approximate surface area is 137 Å². The van der Waals surface area contributed by atoms with Gasteiger partial charge < -0.3 is 10.6 Å². The molecule has 0 aromatic rings. The summed E-state index contributed by atoms with van der Waals surface area (Å²) in [5.41, 5.74) is 0. The van der Waals surface area contributed by atoms with E-state index in [0.717, 1.165) is 11.5 Å². The van der Waals surface area contributed by atoms with Crippen molar-refractivity contribution in [3.63, 3.8) is 0 Å². The topological polar surface area (TPSA) is 24.1 Å². The highest BCUT2D eigenvalue weighted by atomic mass is 35.5. The SMILES string of the molecule is C=C(Cl)CNC(=S)SCCSC(=S)NCC(=C)Cl. The van der Waals surface area contributed by atoms with Crippen molar-refractivity contribution in [2.24, 2.45) is 0 Å². The van der Waals surface area contributed by atoms with Gasteiger partial charge in [-0.05, 0) is 0 Å². The van der Waals surface area contributed by atoms with Crippen LogP contribution in [0.2, 0.25) is 0 Å². The summed E-state index contributed by atoms with van der Waals surface area (Å²) in [4.78, 5) is 0. The Morgan fingerprint density at radius 2 is 1.22 bits per heavy atom. The van der Waals surface area contributed by atoms with Gasteiger partial charge >= 0.3 is 0 Å². The van der Waals surface area contributed by atoms with E-state index in [-0.39, 0.29) is 0 Å². The van der Waals surface area contributed by atoms with Crippen molar-refractivity contribution >= 4 is 79.8 Å². The van der Waals surface area contributed by atoms with Gasteiger partial charge in [0.1, 0.15) is 8.64 Å². The molecule has 0 rings (SSSR count). The molecule has 0 saturated heterocycles. The molecular formula is C10H14Cl2N2S4. The Hall–Kier alpha value is 0.540. The smallest absolute Gasteiger partial charge is 0.134 e. The molecule has 0 radical (unpaired) electrons. The number of rotatable bonds is 7. The average Bonchev–Trinajstić information content (AvgIpc) is 2.29. The van der Waals surface area contributed by atoms with Crippen LogP contribution < -0.4 is 10.6 Å². The van der Waals surface area contributed by atoms with Gasteiger partial charge in [0.25, 0.3) is 0 Å². The van der Waals surface area contributed by atoms with Crippen LogP contribution in [-0.2, 0) is 0 Å². The van der Waals surface area contributed by atoms with Crippen LogP contribution in [0.4, 0.5) is 0 Å². The predicted molar refractivity (Wildman–Crippen MR) is 96.1 cm³/mol. The minimum Gasteiger partial charge on any atom is -0.366 e. The largest absolute Gasteiger partial charge is 0.366 e. The molecule has 0 aliphatic rings. The average molecular weight is 361 g/mol. The Bertz CT molecular complexity index is 302. The second-order valence-electron chi connectivity index (χ2n) is 3.01. The first-order chi connectivity index (χ1) is 8.41. The van der Waals surface area contributed by atoms with Crippen LogP contribution in [0.5, 0.6) is 0 Å². The lowest BCUT2D eigenvalue weighted by atomic mass is 10.6. The van der Waals surface area contributed by atoms with E-state index in [1.54, 1.807) is 23.5 Å². The number of hydrogen-bond donors (Lipinski definition) is 2. The van der Waals surface area contributed by atoms with Crippen molar-refractivity contribution in [1.29, 1.82) is 0 Å². The molecule has 0 saturated carbocycles. The van der Waals surface area contributed by atoms with E-state index in [0.29, 0.717) is 31.8 Å². The van der Waals surface area contributed by atoms with Crippen molar-refractivity contribution in [3.05, 3.63) is 23.2 Å². The maximum Gasteiger partial charge on any atom is 0.134 e. The fraction of sp³-hybridized carbons (Fsp3) is 0.400. The lowest BCUT2D eigenvalue weighted by Crippen LogP contribution is -2.21. The molecule has 0 amide bonds. The molecule has 102 valence electrons. The zero-order valence-corrected chi connectivity index (χ0v) is 14.4. The third-order valence-corrected chi connectivity index (χ3v) is 4.55. The van der Waals surface area contributed by atoms with E-state index < -0.39 is 0 Å². The molecule has 0 fully saturated rings. The van der Waals surface area contributed by atoms with Crippen molar-refractivity contribution < 1.29 is 0 Å². The zero-order chi connectivity index (χ0) is 14.0. The van der Waals surface area contributed by atoms with Crippen LogP contribution in [0.15, 0.2) is 23.2 Å². The summed E-state index contributed by atoms with van der Waals surface area (Å²) in [6.45, 7) is 8.13. The van der Waals surface area contributed by atoms with E-state index in [4.69, 9.17) is 47.6 Å². The number of thiocarbonyl (C=S) groups is 2. The molecule has 0 spiro atoms. The van der Waals surface area contributed by atoms with Gasteiger partial charge in [-0.1, -0.05) is 84.3 Å². The second-order valence-corrected chi connectivity index (χ2v) is 7.63. The number of halogens is 2. The number of hydrogen-bond acceptors (Lipinski definition) is 4. The van der Waals surface area contributed by atoms with Crippen LogP contribution in [0, 0.1) is 0 Å². The molecule has 2 nitrogen and oxygen atoms in total. The van der Waals surface area contributed by atoms with Crippen molar-refractivity contribution in [1.82, 2.24) is 10.6 Å². The zero-order valence-electron chi connectivity index (χ0n) is 9.63. The van der Waals surface area contributed by atoms with Gasteiger partial charge in [-0.3, -0.25) is 0 Å². The monoisotopic (exact) mass is 360 g/mol. The molecule has 0 aliphatic carbocycles. The normalized spacial score (nSPS) is 9.67. The van der Waals surface area contributed by atoms with Crippen molar-refractivity contribution in [2.45, 2.75) is 0 Å². The van der Waals surface area contributed by atoms with Crippen molar-refractivity contribution in [2.75, 3.05) is 24.6 Å². The van der Waals surface area contributed by atoms with Gasteiger partial charge in [0.05, 0.1) is 13.1 Å². The lowest BCUT2D eigenvalue weighted by Gasteiger charge is -2.07. The highest BCUT2D eigenvalue weighted by Crippen LogP contribution is 2.10. The predicted octanol–water partition coefficient (Wildman–Crippen LogP) is 3.71. The second kappa shape index (κ2) is 11.4. The lowest BCUT2D eigenvalue weighted by molar-refractivity contribution is 1.07. The first kappa shape index (κ1) is 18.5. The summed E-state index contributed by atoms with van der Waals surface area (Å²) in [7, 11) is 0.